The first-order chi connectivity index (χ1) is 5.16. The zero-order valence-corrected chi connectivity index (χ0v) is 9.39. The third-order valence-corrected chi connectivity index (χ3v) is 4.43. The van der Waals surface area contributed by atoms with E-state index in [1.807, 2.05) is 0 Å². The summed E-state index contributed by atoms with van der Waals surface area (Å²) in [5.74, 6) is 1.94. The summed E-state index contributed by atoms with van der Waals surface area (Å²) in [6.45, 7) is 4.84. The van der Waals surface area contributed by atoms with Crippen molar-refractivity contribution in [3.05, 3.63) is 9.66 Å². The fourth-order valence-electron chi connectivity index (χ4n) is 2.91. The summed E-state index contributed by atoms with van der Waals surface area (Å²) in [6, 6.07) is 0. The van der Waals surface area contributed by atoms with E-state index < -0.39 is 0 Å². The van der Waals surface area contributed by atoms with E-state index in [0.29, 0.717) is 5.41 Å². The Morgan fingerprint density at radius 1 is 1.45 bits per heavy atom. The van der Waals surface area contributed by atoms with Gasteiger partial charge >= 0.3 is 0 Å². The van der Waals surface area contributed by atoms with Crippen LogP contribution >= 0.6 is 22.6 Å². The molecule has 0 spiro atoms. The highest BCUT2D eigenvalue weighted by atomic mass is 127. The van der Waals surface area contributed by atoms with E-state index in [4.69, 9.17) is 0 Å². The molecule has 0 aromatic heterocycles. The van der Waals surface area contributed by atoms with Crippen molar-refractivity contribution >= 4 is 22.6 Å². The molecule has 0 saturated heterocycles. The van der Waals surface area contributed by atoms with Crippen molar-refractivity contribution in [2.24, 2.45) is 17.3 Å². The van der Waals surface area contributed by atoms with Crippen LogP contribution in [0.2, 0.25) is 0 Å². The van der Waals surface area contributed by atoms with E-state index >= 15 is 0 Å². The van der Waals surface area contributed by atoms with Gasteiger partial charge in [0.05, 0.1) is 0 Å². The summed E-state index contributed by atoms with van der Waals surface area (Å²) in [5, 5.41) is 0. The highest BCUT2D eigenvalue weighted by Crippen LogP contribution is 2.59. The molecule has 0 heterocycles. The van der Waals surface area contributed by atoms with Crippen molar-refractivity contribution in [1.29, 1.82) is 0 Å². The van der Waals surface area contributed by atoms with Crippen LogP contribution in [0, 0.1) is 17.3 Å². The second-order valence-corrected chi connectivity index (χ2v) is 5.12. The summed E-state index contributed by atoms with van der Waals surface area (Å²) in [7, 11) is 0. The number of halogens is 1. The molecule has 2 saturated carbocycles. The van der Waals surface area contributed by atoms with Gasteiger partial charge < -0.3 is 0 Å². The Morgan fingerprint density at radius 3 is 2.55 bits per heavy atom. The van der Waals surface area contributed by atoms with Crippen molar-refractivity contribution in [2.45, 2.75) is 33.1 Å². The molecule has 2 rings (SSSR count). The maximum atomic E-state index is 2.42. The zero-order chi connectivity index (χ0) is 8.06. The van der Waals surface area contributed by atoms with Crippen LogP contribution in [0.5, 0.6) is 0 Å². The van der Waals surface area contributed by atoms with Gasteiger partial charge in [-0.05, 0) is 40.6 Å². The minimum absolute atomic E-state index is 0.532. The summed E-state index contributed by atoms with van der Waals surface area (Å²) in [6.07, 6.45) is 4.41. The lowest BCUT2D eigenvalue weighted by molar-refractivity contribution is 0.289. The van der Waals surface area contributed by atoms with Gasteiger partial charge in [-0.2, -0.15) is 0 Å². The fourth-order valence-corrected chi connectivity index (χ4v) is 4.22. The fraction of sp³-hybridized carbons (Fsp3) is 0.800. The van der Waals surface area contributed by atoms with Gasteiger partial charge in [-0.25, -0.2) is 0 Å². The normalized spacial score (nSPS) is 43.7. The number of hydrogen-bond acceptors (Lipinski definition) is 0. The van der Waals surface area contributed by atoms with E-state index in [1.54, 1.807) is 5.57 Å². The van der Waals surface area contributed by atoms with E-state index in [-0.39, 0.29) is 0 Å². The van der Waals surface area contributed by atoms with Crippen molar-refractivity contribution in [3.63, 3.8) is 0 Å². The second kappa shape index (κ2) is 2.48. The Labute approximate surface area is 82.6 Å². The average molecular weight is 262 g/mol. The maximum Gasteiger partial charge on any atom is -0.0106 e. The Bertz CT molecular complexity index is 203. The lowest BCUT2D eigenvalue weighted by atomic mass is 9.73. The highest BCUT2D eigenvalue weighted by molar-refractivity contribution is 14.1. The molecule has 0 aliphatic heterocycles. The molecule has 62 valence electrons. The van der Waals surface area contributed by atoms with Crippen LogP contribution in [0.1, 0.15) is 33.1 Å². The quantitative estimate of drug-likeness (QED) is 0.583. The molecule has 1 heteroatoms. The number of allylic oxidation sites excluding steroid dienone is 1. The monoisotopic (exact) mass is 262 g/mol. The van der Waals surface area contributed by atoms with Crippen LogP contribution in [0.25, 0.3) is 0 Å². The standard InChI is InChI=1S/C10H15I/c1-10(2)8-4-3-7(5-8)9(10)6-11/h6-8H,3-5H2,1-2H3/b9-6+. The second-order valence-electron chi connectivity index (χ2n) is 4.49. The number of hydrogen-bond donors (Lipinski definition) is 0. The largest absolute Gasteiger partial charge is 0.0558 e. The van der Waals surface area contributed by atoms with E-state index in [1.165, 1.54) is 19.3 Å². The van der Waals surface area contributed by atoms with Gasteiger partial charge in [0.2, 0.25) is 0 Å². The van der Waals surface area contributed by atoms with E-state index in [9.17, 15) is 0 Å². The van der Waals surface area contributed by atoms with Crippen LogP contribution in [-0.4, -0.2) is 0 Å². The molecule has 11 heavy (non-hydrogen) atoms. The Kier molecular flexibility index (Phi) is 1.82. The van der Waals surface area contributed by atoms with Crippen LogP contribution in [0.4, 0.5) is 0 Å². The summed E-state index contributed by atoms with van der Waals surface area (Å²) < 4.78 is 2.33. The molecule has 2 unspecified atom stereocenters. The Hall–Kier alpha value is 0.470. The predicted molar refractivity (Wildman–Crippen MR) is 56.7 cm³/mol. The smallest absolute Gasteiger partial charge is 0.0106 e. The van der Waals surface area contributed by atoms with E-state index in [2.05, 4.69) is 40.5 Å². The molecule has 0 nitrogen and oxygen atoms in total. The third-order valence-electron chi connectivity index (χ3n) is 3.75. The first-order valence-corrected chi connectivity index (χ1v) is 5.71. The maximum absolute atomic E-state index is 2.42. The van der Waals surface area contributed by atoms with Crippen molar-refractivity contribution in [2.75, 3.05) is 0 Å². The zero-order valence-electron chi connectivity index (χ0n) is 7.23. The lowest BCUT2D eigenvalue weighted by Gasteiger charge is -2.32. The van der Waals surface area contributed by atoms with Gasteiger partial charge in [0.1, 0.15) is 0 Å². The van der Waals surface area contributed by atoms with Crippen LogP contribution in [-0.2, 0) is 0 Å². The topological polar surface area (TPSA) is 0 Å². The first-order valence-electron chi connectivity index (χ1n) is 4.47. The summed E-state index contributed by atoms with van der Waals surface area (Å²) in [4.78, 5) is 0. The molecule has 0 aromatic rings. The Morgan fingerprint density at radius 2 is 2.18 bits per heavy atom. The molecular formula is C10H15I. The molecule has 0 amide bonds. The van der Waals surface area contributed by atoms with Gasteiger partial charge in [0, 0.05) is 0 Å². The van der Waals surface area contributed by atoms with Crippen LogP contribution in [0.3, 0.4) is 0 Å². The first kappa shape index (κ1) is 8.09. The van der Waals surface area contributed by atoms with Gasteiger partial charge in [0.25, 0.3) is 0 Å². The van der Waals surface area contributed by atoms with Gasteiger partial charge in [-0.15, -0.1) is 0 Å². The van der Waals surface area contributed by atoms with Crippen molar-refractivity contribution in [3.8, 4) is 0 Å². The minimum Gasteiger partial charge on any atom is -0.0558 e. The van der Waals surface area contributed by atoms with E-state index in [0.717, 1.165) is 11.8 Å². The summed E-state index contributed by atoms with van der Waals surface area (Å²) in [5.41, 5.74) is 2.26. The van der Waals surface area contributed by atoms with Crippen LogP contribution in [0.15, 0.2) is 9.66 Å². The highest BCUT2D eigenvalue weighted by Gasteiger charge is 2.48. The molecule has 0 radical (unpaired) electrons. The molecule has 2 bridgehead atoms. The minimum atomic E-state index is 0.532. The van der Waals surface area contributed by atoms with Gasteiger partial charge in [-0.1, -0.05) is 42.0 Å². The molecular weight excluding hydrogens is 247 g/mol. The molecule has 2 aliphatic rings. The molecule has 2 atom stereocenters. The average Bonchev–Trinajstić information content (AvgIpc) is 2.44. The van der Waals surface area contributed by atoms with Crippen molar-refractivity contribution in [1.82, 2.24) is 0 Å². The lowest BCUT2D eigenvalue weighted by Crippen LogP contribution is -2.22. The molecule has 2 fully saturated rings. The van der Waals surface area contributed by atoms with Gasteiger partial charge in [0.15, 0.2) is 0 Å². The molecule has 0 aromatic carbocycles. The SMILES string of the molecule is CC1(C)/C(=C/I)C2CCC1C2. The molecule has 0 N–H and O–H groups in total. The van der Waals surface area contributed by atoms with Crippen molar-refractivity contribution < 1.29 is 0 Å². The summed E-state index contributed by atoms with van der Waals surface area (Å²) >= 11 is 2.41. The molecule has 2 aliphatic carbocycles. The van der Waals surface area contributed by atoms with Crippen LogP contribution < -0.4 is 0 Å². The third kappa shape index (κ3) is 0.995. The number of rotatable bonds is 0. The van der Waals surface area contributed by atoms with Gasteiger partial charge in [-0.3, -0.25) is 0 Å². The predicted octanol–water partition coefficient (Wildman–Crippen LogP) is 3.76. The number of fused-ring (bicyclic) bond motifs is 2. The Balaban J connectivity index is 2.36.